The third-order valence-electron chi connectivity index (χ3n) is 6.10. The smallest absolute Gasteiger partial charge is 0.153 e. The highest BCUT2D eigenvalue weighted by atomic mass is 19.1. The highest BCUT2D eigenvalue weighted by Gasteiger charge is 2.23. The van der Waals surface area contributed by atoms with Crippen LogP contribution in [0.3, 0.4) is 0 Å². The number of nitrogens with zero attached hydrogens (tertiary/aromatic N) is 7. The van der Waals surface area contributed by atoms with Crippen LogP contribution >= 0.6 is 0 Å². The van der Waals surface area contributed by atoms with Gasteiger partial charge in [0.1, 0.15) is 17.2 Å². The molecule has 34 heavy (non-hydrogen) atoms. The van der Waals surface area contributed by atoms with Crippen LogP contribution in [-0.2, 0) is 7.05 Å². The Bertz CT molecular complexity index is 1340. The minimum Gasteiger partial charge on any atom is -0.388 e. The Hall–Kier alpha value is -3.66. The second kappa shape index (κ2) is 9.68. The number of anilines is 2. The highest BCUT2D eigenvalue weighted by molar-refractivity contribution is 5.99. The molecule has 1 aliphatic heterocycles. The molecule has 10 heteroatoms. The van der Waals surface area contributed by atoms with Gasteiger partial charge < -0.3 is 15.1 Å². The van der Waals surface area contributed by atoms with Crippen molar-refractivity contribution in [2.45, 2.75) is 19.9 Å². The predicted octanol–water partition coefficient (Wildman–Crippen LogP) is 3.04. The van der Waals surface area contributed by atoms with Gasteiger partial charge in [-0.25, -0.2) is 19.3 Å². The Morgan fingerprint density at radius 1 is 1.15 bits per heavy atom. The summed E-state index contributed by atoms with van der Waals surface area (Å²) in [6.45, 7) is 6.84. The van der Waals surface area contributed by atoms with Crippen LogP contribution in [-0.4, -0.2) is 75.7 Å². The van der Waals surface area contributed by atoms with Crippen molar-refractivity contribution in [2.24, 2.45) is 7.05 Å². The molecule has 0 amide bonds. The first kappa shape index (κ1) is 23.5. The van der Waals surface area contributed by atoms with Gasteiger partial charge in [0.2, 0.25) is 0 Å². The molecule has 1 aromatic carbocycles. The summed E-state index contributed by atoms with van der Waals surface area (Å²) in [6, 6.07) is 3.77. The molecule has 178 valence electrons. The first-order valence-corrected chi connectivity index (χ1v) is 11.1. The van der Waals surface area contributed by atoms with Crippen LogP contribution in [0.2, 0.25) is 0 Å². The van der Waals surface area contributed by atoms with Crippen molar-refractivity contribution in [1.82, 2.24) is 29.6 Å². The van der Waals surface area contributed by atoms with Crippen molar-refractivity contribution >= 4 is 39.6 Å². The monoisotopic (exact) mass is 464 g/mol. The van der Waals surface area contributed by atoms with Gasteiger partial charge in [-0.1, -0.05) is 0 Å². The van der Waals surface area contributed by atoms with Gasteiger partial charge in [-0.2, -0.15) is 5.10 Å². The van der Waals surface area contributed by atoms with E-state index in [-0.39, 0.29) is 5.82 Å². The van der Waals surface area contributed by atoms with Gasteiger partial charge in [-0.05, 0) is 33.0 Å². The van der Waals surface area contributed by atoms with E-state index in [1.165, 1.54) is 6.07 Å². The normalized spacial score (nSPS) is 16.4. The van der Waals surface area contributed by atoms with Gasteiger partial charge in [0.15, 0.2) is 12.1 Å². The van der Waals surface area contributed by atoms with E-state index in [0.717, 1.165) is 48.2 Å². The lowest BCUT2D eigenvalue weighted by Gasteiger charge is -2.38. The number of fused-ring (bicyclic) bond motifs is 2. The molecule has 1 atom stereocenters. The number of carbonyl (C=O) groups excluding carboxylic acids is 1. The second-order valence-corrected chi connectivity index (χ2v) is 8.56. The summed E-state index contributed by atoms with van der Waals surface area (Å²) in [4.78, 5) is 28.9. The van der Waals surface area contributed by atoms with Crippen LogP contribution in [0, 0.1) is 12.7 Å². The van der Waals surface area contributed by atoms with Crippen LogP contribution in [0.1, 0.15) is 23.1 Å². The molecule has 0 radical (unpaired) electrons. The fourth-order valence-corrected chi connectivity index (χ4v) is 4.05. The number of aromatic nitrogens is 5. The summed E-state index contributed by atoms with van der Waals surface area (Å²) in [5.41, 5.74) is 2.38. The molecule has 4 aromatic rings. The fraction of sp³-hybridized carbons (Fsp3) is 0.375. The average molecular weight is 465 g/mol. The fourth-order valence-electron chi connectivity index (χ4n) is 4.05. The van der Waals surface area contributed by atoms with Gasteiger partial charge in [-0.3, -0.25) is 9.48 Å². The number of piperazine rings is 1. The number of hydrogen-bond acceptors (Lipinski definition) is 8. The number of nitrogens with one attached hydrogen (secondary N) is 1. The van der Waals surface area contributed by atoms with Gasteiger partial charge in [0.25, 0.3) is 0 Å². The van der Waals surface area contributed by atoms with E-state index in [4.69, 9.17) is 0 Å². The van der Waals surface area contributed by atoms with Crippen molar-refractivity contribution < 1.29 is 9.18 Å². The Morgan fingerprint density at radius 3 is 2.65 bits per heavy atom. The largest absolute Gasteiger partial charge is 0.388 e. The lowest BCUT2D eigenvalue weighted by atomic mass is 10.1. The molecule has 4 heterocycles. The van der Waals surface area contributed by atoms with E-state index in [0.29, 0.717) is 28.5 Å². The predicted molar refractivity (Wildman–Crippen MR) is 132 cm³/mol. The second-order valence-electron chi connectivity index (χ2n) is 8.56. The number of pyridine rings is 1. The molecule has 0 spiro atoms. The molecule has 1 aliphatic rings. The number of aryl methyl sites for hydroxylation is 2. The van der Waals surface area contributed by atoms with Gasteiger partial charge in [0, 0.05) is 69.4 Å². The zero-order valence-corrected chi connectivity index (χ0v) is 20.1. The summed E-state index contributed by atoms with van der Waals surface area (Å²) in [5, 5.41) is 8.56. The molecule has 3 aromatic heterocycles. The summed E-state index contributed by atoms with van der Waals surface area (Å²) in [7, 11) is 5.67. The van der Waals surface area contributed by atoms with E-state index in [1.807, 2.05) is 13.0 Å². The molecule has 0 saturated carbocycles. The highest BCUT2D eigenvalue weighted by Crippen LogP contribution is 2.26. The first-order chi connectivity index (χ1) is 16.3. The maximum atomic E-state index is 13.3. The number of halogens is 1. The molecule has 1 unspecified atom stereocenters. The van der Waals surface area contributed by atoms with Crippen molar-refractivity contribution in [3.8, 4) is 0 Å². The van der Waals surface area contributed by atoms with E-state index in [1.54, 1.807) is 37.4 Å². The van der Waals surface area contributed by atoms with Crippen molar-refractivity contribution in [2.75, 3.05) is 43.9 Å². The quantitative estimate of drug-likeness (QED) is 0.463. The number of hydrogen-bond donors (Lipinski definition) is 1. The molecule has 0 bridgehead atoms. The first-order valence-electron chi connectivity index (χ1n) is 11.1. The maximum absolute atomic E-state index is 13.3. The van der Waals surface area contributed by atoms with Crippen LogP contribution in [0.25, 0.3) is 21.8 Å². The molecule has 9 nitrogen and oxygen atoms in total. The number of carbonyl (C=O) groups is 1. The number of benzene rings is 1. The molecule has 5 rings (SSSR count). The topological polar surface area (TPSA) is 92.1 Å². The molecular weight excluding hydrogens is 435 g/mol. The summed E-state index contributed by atoms with van der Waals surface area (Å²) >= 11 is 0. The zero-order chi connectivity index (χ0) is 24.4. The lowest BCUT2D eigenvalue weighted by molar-refractivity contribution is 0.112. The van der Waals surface area contributed by atoms with Gasteiger partial charge in [0.05, 0.1) is 16.5 Å². The van der Waals surface area contributed by atoms with E-state index in [2.05, 4.69) is 49.1 Å². The Kier molecular flexibility index (Phi) is 6.69. The van der Waals surface area contributed by atoms with Crippen molar-refractivity contribution in [1.29, 1.82) is 0 Å². The van der Waals surface area contributed by atoms with Crippen LogP contribution in [0.4, 0.5) is 15.9 Å². The third-order valence-corrected chi connectivity index (χ3v) is 6.10. The van der Waals surface area contributed by atoms with Crippen LogP contribution < -0.4 is 10.2 Å². The standard InChI is InChI=1S/C15H19N5O.C9H10FN3/c1-10-8-20(5-4-19(10)3)15-13-7-16-11(2)18-14(13)12(9-21)6-17-15;1-11-7-3-6-5-13(2)12-9(6)8(10)4-7/h6-7,9-10H,4-5,8H2,1-3H3;3-5,11H,1-2H3. The van der Waals surface area contributed by atoms with Crippen molar-refractivity contribution in [3.05, 3.63) is 47.9 Å². The number of rotatable bonds is 3. The molecule has 1 saturated heterocycles. The Morgan fingerprint density at radius 2 is 1.94 bits per heavy atom. The van der Waals surface area contributed by atoms with Gasteiger partial charge >= 0.3 is 0 Å². The molecule has 0 aliphatic carbocycles. The third kappa shape index (κ3) is 4.67. The average Bonchev–Trinajstić information content (AvgIpc) is 3.21. The maximum Gasteiger partial charge on any atom is 0.153 e. The Balaban J connectivity index is 0.000000180. The van der Waals surface area contributed by atoms with E-state index < -0.39 is 0 Å². The van der Waals surface area contributed by atoms with Gasteiger partial charge in [-0.15, -0.1) is 0 Å². The molecule has 1 fully saturated rings. The van der Waals surface area contributed by atoms with Crippen LogP contribution in [0.15, 0.2) is 30.7 Å². The lowest BCUT2D eigenvalue weighted by Crippen LogP contribution is -2.50. The SMILES string of the molecule is CNc1cc(F)c2nn(C)cc2c1.Cc1ncc2c(N3CCN(C)C(C)C3)ncc(C=O)c2n1. The molecule has 1 N–H and O–H groups in total. The van der Waals surface area contributed by atoms with E-state index >= 15 is 0 Å². The van der Waals surface area contributed by atoms with Crippen molar-refractivity contribution in [3.63, 3.8) is 0 Å². The number of aldehydes is 1. The van der Waals surface area contributed by atoms with E-state index in [9.17, 15) is 9.18 Å². The number of likely N-dealkylation sites (N-methyl/N-ethyl adjacent to an activating group) is 1. The Labute approximate surface area is 197 Å². The zero-order valence-electron chi connectivity index (χ0n) is 20.1. The summed E-state index contributed by atoms with van der Waals surface area (Å²) in [6.07, 6.45) is 5.98. The minimum atomic E-state index is -0.289. The minimum absolute atomic E-state index is 0.289. The summed E-state index contributed by atoms with van der Waals surface area (Å²) < 4.78 is 14.9. The van der Waals surface area contributed by atoms with Crippen LogP contribution in [0.5, 0.6) is 0 Å². The summed E-state index contributed by atoms with van der Waals surface area (Å²) in [5.74, 6) is 1.24. The molecular formula is C24H29FN8O.